The molecule has 1 aliphatic carbocycles. The molecule has 0 spiro atoms. The minimum atomic E-state index is -2.36. The molecule has 43 heavy (non-hydrogen) atoms. The predicted octanol–water partition coefficient (Wildman–Crippen LogP) is 7.39. The van der Waals surface area contributed by atoms with Gasteiger partial charge >= 0.3 is 12.1 Å². The zero-order valence-corrected chi connectivity index (χ0v) is 22.0. The Balaban J connectivity index is 1.11. The van der Waals surface area contributed by atoms with Crippen LogP contribution in [0.4, 0.5) is 32.4 Å². The molecule has 0 saturated heterocycles. The maximum Gasteiger partial charge on any atom is 0.414 e. The number of amides is 1. The third-order valence-electron chi connectivity index (χ3n) is 7.91. The van der Waals surface area contributed by atoms with Crippen molar-refractivity contribution >= 4 is 28.7 Å². The van der Waals surface area contributed by atoms with Gasteiger partial charge in [-0.15, -0.1) is 0 Å². The number of aromatic amines is 1. The fourth-order valence-corrected chi connectivity index (χ4v) is 5.91. The number of halogens is 5. The van der Waals surface area contributed by atoms with Crippen LogP contribution < -0.4 is 9.64 Å². The third-order valence-corrected chi connectivity index (χ3v) is 7.91. The Kier molecular flexibility index (Phi) is 6.19. The van der Waals surface area contributed by atoms with Crippen LogP contribution in [0.3, 0.4) is 0 Å². The van der Waals surface area contributed by atoms with Crippen LogP contribution in [0.15, 0.2) is 66.7 Å². The van der Waals surface area contributed by atoms with Crippen molar-refractivity contribution in [2.24, 2.45) is 0 Å². The van der Waals surface area contributed by atoms with Gasteiger partial charge < -0.3 is 14.5 Å². The normalized spacial score (nSPS) is 13.7. The maximum atomic E-state index is 14.0. The molecule has 7 rings (SSSR count). The number of carbonyl (C=O) groups is 2. The molecule has 2 heterocycles. The Labute approximate surface area is 240 Å². The van der Waals surface area contributed by atoms with Crippen molar-refractivity contribution in [2.45, 2.75) is 12.3 Å². The number of hydrogen-bond donors (Lipinski definition) is 1. The average molecular weight is 591 g/mol. The van der Waals surface area contributed by atoms with Gasteiger partial charge in [0, 0.05) is 23.4 Å². The standard InChI is InChI=1S/C32H19F5N2O4/c33-25-26(34)28(36)30(29(37)27(25)35)43-31(40)23-13-20-19-11-12-39(24(19)10-9-22(20)38-23)32(41)42-14-21-17-7-3-1-5-15(17)16-6-2-4-8-18(16)21/h1-10,13,21,38H,11-12,14H2. The molecule has 0 atom stereocenters. The number of esters is 1. The molecule has 1 aliphatic heterocycles. The molecule has 216 valence electrons. The smallest absolute Gasteiger partial charge is 0.414 e. The minimum Gasteiger partial charge on any atom is -0.448 e. The molecule has 0 saturated carbocycles. The molecule has 0 radical (unpaired) electrons. The fourth-order valence-electron chi connectivity index (χ4n) is 5.91. The second kappa shape index (κ2) is 9.97. The van der Waals surface area contributed by atoms with E-state index >= 15 is 0 Å². The van der Waals surface area contributed by atoms with Crippen LogP contribution in [-0.2, 0) is 11.2 Å². The first-order valence-corrected chi connectivity index (χ1v) is 13.2. The van der Waals surface area contributed by atoms with E-state index in [4.69, 9.17) is 4.74 Å². The highest BCUT2D eigenvalue weighted by molar-refractivity contribution is 6.01. The van der Waals surface area contributed by atoms with Crippen molar-refractivity contribution < 1.29 is 41.0 Å². The molecule has 0 bridgehead atoms. The Morgan fingerprint density at radius 1 is 0.814 bits per heavy atom. The van der Waals surface area contributed by atoms with Gasteiger partial charge in [0.05, 0.1) is 5.69 Å². The van der Waals surface area contributed by atoms with E-state index in [1.54, 1.807) is 12.1 Å². The molecule has 2 aliphatic rings. The second-order valence-corrected chi connectivity index (χ2v) is 10.2. The second-order valence-electron chi connectivity index (χ2n) is 10.2. The van der Waals surface area contributed by atoms with Crippen LogP contribution in [0.2, 0.25) is 0 Å². The highest BCUT2D eigenvalue weighted by Crippen LogP contribution is 2.45. The number of fused-ring (bicyclic) bond motifs is 6. The summed E-state index contributed by atoms with van der Waals surface area (Å²) in [4.78, 5) is 30.1. The van der Waals surface area contributed by atoms with Gasteiger partial charge in [-0.3, -0.25) is 4.90 Å². The van der Waals surface area contributed by atoms with Gasteiger partial charge in [-0.05, 0) is 52.4 Å². The van der Waals surface area contributed by atoms with E-state index < -0.39 is 46.9 Å². The summed E-state index contributed by atoms with van der Waals surface area (Å²) in [5.74, 6) is -14.5. The number of H-pyrrole nitrogens is 1. The zero-order chi connectivity index (χ0) is 30.0. The van der Waals surface area contributed by atoms with Gasteiger partial charge in [0.25, 0.3) is 0 Å². The summed E-state index contributed by atoms with van der Waals surface area (Å²) in [6, 6.07) is 20.6. The van der Waals surface area contributed by atoms with E-state index in [0.717, 1.165) is 22.3 Å². The Morgan fingerprint density at radius 2 is 1.42 bits per heavy atom. The van der Waals surface area contributed by atoms with Crippen molar-refractivity contribution in [3.05, 3.63) is 118 Å². The predicted molar refractivity (Wildman–Crippen MR) is 146 cm³/mol. The number of aromatic nitrogens is 1. The molecule has 5 aromatic rings. The van der Waals surface area contributed by atoms with Crippen LogP contribution in [-0.4, -0.2) is 30.2 Å². The lowest BCUT2D eigenvalue weighted by molar-refractivity contribution is 0.0710. The van der Waals surface area contributed by atoms with E-state index in [1.165, 1.54) is 11.0 Å². The van der Waals surface area contributed by atoms with E-state index in [-0.39, 0.29) is 18.2 Å². The van der Waals surface area contributed by atoms with Crippen molar-refractivity contribution in [3.8, 4) is 16.9 Å². The summed E-state index contributed by atoms with van der Waals surface area (Å²) in [5.41, 5.74) is 5.80. The topological polar surface area (TPSA) is 71.6 Å². The van der Waals surface area contributed by atoms with Gasteiger partial charge in [0.2, 0.25) is 34.8 Å². The zero-order valence-electron chi connectivity index (χ0n) is 22.0. The molecule has 11 heteroatoms. The molecule has 1 N–H and O–H groups in total. The van der Waals surface area contributed by atoms with E-state index in [2.05, 4.69) is 9.72 Å². The van der Waals surface area contributed by atoms with Gasteiger partial charge in [0.1, 0.15) is 12.3 Å². The van der Waals surface area contributed by atoms with Crippen molar-refractivity contribution in [1.82, 2.24) is 4.98 Å². The number of ether oxygens (including phenoxy) is 2. The lowest BCUT2D eigenvalue weighted by Gasteiger charge is -2.20. The van der Waals surface area contributed by atoms with E-state index in [1.807, 2.05) is 48.5 Å². The summed E-state index contributed by atoms with van der Waals surface area (Å²) < 4.78 is 78.9. The first-order chi connectivity index (χ1) is 20.7. The number of hydrogen-bond acceptors (Lipinski definition) is 4. The number of anilines is 1. The summed E-state index contributed by atoms with van der Waals surface area (Å²) in [5, 5.41) is 0.524. The number of nitrogens with zero attached hydrogens (tertiary/aromatic N) is 1. The Bertz CT molecular complexity index is 1910. The molecule has 4 aromatic carbocycles. The fraction of sp³-hybridized carbons (Fsp3) is 0.125. The van der Waals surface area contributed by atoms with Gasteiger partial charge in [-0.1, -0.05) is 48.5 Å². The third kappa shape index (κ3) is 4.14. The number of rotatable bonds is 4. The van der Waals surface area contributed by atoms with Crippen LogP contribution in [0.25, 0.3) is 22.0 Å². The average Bonchev–Trinajstić information content (AvgIpc) is 3.74. The van der Waals surface area contributed by atoms with Gasteiger partial charge in [-0.2, -0.15) is 8.78 Å². The lowest BCUT2D eigenvalue weighted by Crippen LogP contribution is -2.30. The molecule has 0 unspecified atom stereocenters. The summed E-state index contributed by atoms with van der Waals surface area (Å²) >= 11 is 0. The van der Waals surface area contributed by atoms with Gasteiger partial charge in [0.15, 0.2) is 0 Å². The SMILES string of the molecule is O=C(Oc1c(F)c(F)c(F)c(F)c1F)c1cc2c3c(ccc2[nH]1)N(C(=O)OCC1c2ccccc2-c2ccccc21)CC3. The molecular weight excluding hydrogens is 571 g/mol. The Hall–Kier alpha value is -5.19. The van der Waals surface area contributed by atoms with Crippen LogP contribution in [0.5, 0.6) is 5.75 Å². The Morgan fingerprint density at radius 3 is 2.07 bits per heavy atom. The van der Waals surface area contributed by atoms with Crippen molar-refractivity contribution in [3.63, 3.8) is 0 Å². The number of benzene rings is 4. The first-order valence-electron chi connectivity index (χ1n) is 13.2. The van der Waals surface area contributed by atoms with Crippen LogP contribution >= 0.6 is 0 Å². The maximum absolute atomic E-state index is 14.0. The van der Waals surface area contributed by atoms with E-state index in [9.17, 15) is 31.5 Å². The monoisotopic (exact) mass is 590 g/mol. The summed E-state index contributed by atoms with van der Waals surface area (Å²) in [6.45, 7) is 0.444. The van der Waals surface area contributed by atoms with Crippen LogP contribution in [0, 0.1) is 29.1 Å². The molecule has 6 nitrogen and oxygen atoms in total. The summed E-state index contributed by atoms with van der Waals surface area (Å²) in [7, 11) is 0. The summed E-state index contributed by atoms with van der Waals surface area (Å²) in [6.07, 6.45) is -0.123. The number of nitrogens with one attached hydrogen (secondary N) is 1. The largest absolute Gasteiger partial charge is 0.448 e. The molecule has 0 fully saturated rings. The van der Waals surface area contributed by atoms with Crippen molar-refractivity contribution in [2.75, 3.05) is 18.1 Å². The first kappa shape index (κ1) is 26.7. The van der Waals surface area contributed by atoms with E-state index in [0.29, 0.717) is 35.1 Å². The number of carbonyl (C=O) groups excluding carboxylic acids is 2. The highest BCUT2D eigenvalue weighted by Gasteiger charge is 2.33. The highest BCUT2D eigenvalue weighted by atomic mass is 19.2. The molecule has 1 amide bonds. The van der Waals surface area contributed by atoms with Gasteiger partial charge in [-0.25, -0.2) is 22.8 Å². The van der Waals surface area contributed by atoms with Crippen LogP contribution in [0.1, 0.15) is 33.1 Å². The molecule has 1 aromatic heterocycles. The minimum absolute atomic E-state index is 0.114. The van der Waals surface area contributed by atoms with Crippen molar-refractivity contribution in [1.29, 1.82) is 0 Å². The molecular formula is C32H19F5N2O4. The lowest BCUT2D eigenvalue weighted by atomic mass is 9.98. The quantitative estimate of drug-likeness (QED) is 0.0779.